The SMILES string of the molecule is CN1CCN(C[C@@]2(O)CCCN(C(=O)c3ccc(=O)[nH]c3)CC2)CC1. The van der Waals surface area contributed by atoms with Crippen molar-refractivity contribution in [1.29, 1.82) is 0 Å². The Morgan fingerprint density at radius 1 is 1.16 bits per heavy atom. The number of piperazine rings is 1. The second-order valence-corrected chi connectivity index (χ2v) is 7.39. The quantitative estimate of drug-likeness (QED) is 0.803. The molecule has 1 atom stereocenters. The first-order chi connectivity index (χ1) is 12.0. The summed E-state index contributed by atoms with van der Waals surface area (Å²) in [4.78, 5) is 32.7. The fourth-order valence-electron chi connectivity index (χ4n) is 3.69. The standard InChI is InChI=1S/C18H28N4O3/c1-20-9-11-21(12-10-20)14-18(25)5-2-7-22(8-6-18)17(24)15-3-4-16(23)19-13-15/h3-4,13,25H,2,5-12,14H2,1H3,(H,19,23)/t18-/m1/s1. The molecular formula is C18H28N4O3. The molecule has 0 unspecified atom stereocenters. The molecule has 1 aromatic heterocycles. The van der Waals surface area contributed by atoms with Gasteiger partial charge in [0.2, 0.25) is 5.56 Å². The number of likely N-dealkylation sites (tertiary alicyclic amines) is 1. The van der Waals surface area contributed by atoms with Crippen molar-refractivity contribution in [2.45, 2.75) is 24.9 Å². The Labute approximate surface area is 148 Å². The minimum atomic E-state index is -0.726. The van der Waals surface area contributed by atoms with Crippen LogP contribution in [0.4, 0.5) is 0 Å². The highest BCUT2D eigenvalue weighted by molar-refractivity contribution is 5.93. The smallest absolute Gasteiger partial charge is 0.255 e. The molecule has 1 aromatic rings. The van der Waals surface area contributed by atoms with Crippen LogP contribution in [0.2, 0.25) is 0 Å². The van der Waals surface area contributed by atoms with Gasteiger partial charge in [-0.15, -0.1) is 0 Å². The van der Waals surface area contributed by atoms with Crippen molar-refractivity contribution < 1.29 is 9.90 Å². The molecule has 0 saturated carbocycles. The molecule has 0 bridgehead atoms. The molecule has 2 saturated heterocycles. The van der Waals surface area contributed by atoms with E-state index in [4.69, 9.17) is 0 Å². The number of nitrogens with one attached hydrogen (secondary N) is 1. The number of likely N-dealkylation sites (N-methyl/N-ethyl adjacent to an activating group) is 1. The van der Waals surface area contributed by atoms with Crippen LogP contribution in [-0.2, 0) is 0 Å². The molecule has 25 heavy (non-hydrogen) atoms. The largest absolute Gasteiger partial charge is 0.388 e. The minimum Gasteiger partial charge on any atom is -0.388 e. The van der Waals surface area contributed by atoms with Crippen LogP contribution in [0.15, 0.2) is 23.1 Å². The number of β-amino-alcohol motifs (C(OH)–C–C–N with tert-alkyl or cyclic N) is 1. The van der Waals surface area contributed by atoms with Gasteiger partial charge in [-0.05, 0) is 32.4 Å². The number of aromatic amines is 1. The highest BCUT2D eigenvalue weighted by atomic mass is 16.3. The molecule has 3 heterocycles. The monoisotopic (exact) mass is 348 g/mol. The summed E-state index contributed by atoms with van der Waals surface area (Å²) >= 11 is 0. The van der Waals surface area contributed by atoms with Gasteiger partial charge in [0.25, 0.3) is 5.91 Å². The molecule has 2 aliphatic heterocycles. The molecule has 0 spiro atoms. The number of aliphatic hydroxyl groups is 1. The number of aromatic nitrogens is 1. The fourth-order valence-corrected chi connectivity index (χ4v) is 3.69. The van der Waals surface area contributed by atoms with Gasteiger partial charge in [-0.25, -0.2) is 0 Å². The number of carbonyl (C=O) groups is 1. The average Bonchev–Trinajstić information content (AvgIpc) is 2.79. The Balaban J connectivity index is 1.58. The van der Waals surface area contributed by atoms with Crippen LogP contribution >= 0.6 is 0 Å². The van der Waals surface area contributed by atoms with Gasteiger partial charge >= 0.3 is 0 Å². The van der Waals surface area contributed by atoms with E-state index in [1.807, 2.05) is 0 Å². The molecule has 0 aromatic carbocycles. The van der Waals surface area contributed by atoms with E-state index in [1.54, 1.807) is 11.0 Å². The van der Waals surface area contributed by atoms with E-state index < -0.39 is 5.60 Å². The predicted molar refractivity (Wildman–Crippen MR) is 95.7 cm³/mol. The van der Waals surface area contributed by atoms with E-state index in [-0.39, 0.29) is 11.5 Å². The second kappa shape index (κ2) is 7.68. The van der Waals surface area contributed by atoms with Gasteiger partial charge in [-0.3, -0.25) is 14.5 Å². The summed E-state index contributed by atoms with van der Waals surface area (Å²) in [7, 11) is 2.12. The third-order valence-corrected chi connectivity index (χ3v) is 5.35. The zero-order valence-electron chi connectivity index (χ0n) is 14.9. The van der Waals surface area contributed by atoms with Crippen LogP contribution in [0.3, 0.4) is 0 Å². The highest BCUT2D eigenvalue weighted by Gasteiger charge is 2.34. The lowest BCUT2D eigenvalue weighted by molar-refractivity contribution is -0.0179. The van der Waals surface area contributed by atoms with Crippen molar-refractivity contribution in [2.75, 3.05) is 52.9 Å². The Hall–Kier alpha value is -1.70. The third kappa shape index (κ3) is 4.68. The zero-order chi connectivity index (χ0) is 17.9. The predicted octanol–water partition coefficient (Wildman–Crippen LogP) is -0.0205. The van der Waals surface area contributed by atoms with Crippen LogP contribution in [-0.4, -0.2) is 89.2 Å². The molecule has 2 aliphatic rings. The molecule has 0 aliphatic carbocycles. The first-order valence-corrected chi connectivity index (χ1v) is 9.06. The number of hydrogen-bond donors (Lipinski definition) is 2. The van der Waals surface area contributed by atoms with Gasteiger partial charge in [-0.1, -0.05) is 0 Å². The fraction of sp³-hybridized carbons (Fsp3) is 0.667. The zero-order valence-corrected chi connectivity index (χ0v) is 14.9. The van der Waals surface area contributed by atoms with E-state index in [2.05, 4.69) is 21.8 Å². The van der Waals surface area contributed by atoms with Crippen molar-refractivity contribution in [1.82, 2.24) is 19.7 Å². The maximum atomic E-state index is 12.6. The summed E-state index contributed by atoms with van der Waals surface area (Å²) < 4.78 is 0. The molecule has 138 valence electrons. The number of hydrogen-bond acceptors (Lipinski definition) is 5. The number of carbonyl (C=O) groups excluding carboxylic acids is 1. The van der Waals surface area contributed by atoms with Gasteiger partial charge in [0, 0.05) is 58.1 Å². The van der Waals surface area contributed by atoms with Crippen molar-refractivity contribution in [3.05, 3.63) is 34.2 Å². The van der Waals surface area contributed by atoms with Gasteiger partial charge in [0.05, 0.1) is 11.2 Å². The summed E-state index contributed by atoms with van der Waals surface area (Å²) in [6.45, 7) is 5.91. The maximum Gasteiger partial charge on any atom is 0.255 e. The van der Waals surface area contributed by atoms with Crippen molar-refractivity contribution in [2.24, 2.45) is 0 Å². The molecule has 7 nitrogen and oxygen atoms in total. The Kier molecular flexibility index (Phi) is 5.56. The number of rotatable bonds is 3. The van der Waals surface area contributed by atoms with Crippen LogP contribution in [0, 0.1) is 0 Å². The summed E-state index contributed by atoms with van der Waals surface area (Å²) in [6, 6.07) is 2.93. The van der Waals surface area contributed by atoms with Gasteiger partial charge in [0.1, 0.15) is 0 Å². The first-order valence-electron chi connectivity index (χ1n) is 9.06. The first kappa shape index (κ1) is 18.1. The number of pyridine rings is 1. The van der Waals surface area contributed by atoms with Crippen LogP contribution in [0.5, 0.6) is 0 Å². The van der Waals surface area contributed by atoms with Crippen molar-refractivity contribution in [3.8, 4) is 0 Å². The molecule has 0 radical (unpaired) electrons. The molecule has 1 amide bonds. The minimum absolute atomic E-state index is 0.0832. The van der Waals surface area contributed by atoms with Crippen LogP contribution in [0.25, 0.3) is 0 Å². The molecule has 3 rings (SSSR count). The Bertz CT molecular complexity index is 633. The third-order valence-electron chi connectivity index (χ3n) is 5.35. The topological polar surface area (TPSA) is 79.9 Å². The maximum absolute atomic E-state index is 12.6. The second-order valence-electron chi connectivity index (χ2n) is 7.39. The van der Waals surface area contributed by atoms with Crippen molar-refractivity contribution >= 4 is 5.91 Å². The Morgan fingerprint density at radius 2 is 1.92 bits per heavy atom. The lowest BCUT2D eigenvalue weighted by Gasteiger charge is -2.38. The summed E-state index contributed by atoms with van der Waals surface area (Å²) in [6.07, 6.45) is 3.56. The van der Waals surface area contributed by atoms with E-state index in [1.165, 1.54) is 12.3 Å². The lowest BCUT2D eigenvalue weighted by Crippen LogP contribution is -2.51. The van der Waals surface area contributed by atoms with E-state index >= 15 is 0 Å². The number of nitrogens with zero attached hydrogens (tertiary/aromatic N) is 3. The van der Waals surface area contributed by atoms with Crippen molar-refractivity contribution in [3.63, 3.8) is 0 Å². The van der Waals surface area contributed by atoms with Gasteiger partial charge in [-0.2, -0.15) is 0 Å². The molecular weight excluding hydrogens is 320 g/mol. The highest BCUT2D eigenvalue weighted by Crippen LogP contribution is 2.25. The molecule has 2 N–H and O–H groups in total. The normalized spacial score (nSPS) is 26.4. The number of H-pyrrole nitrogens is 1. The van der Waals surface area contributed by atoms with Gasteiger partial charge in [0.15, 0.2) is 0 Å². The lowest BCUT2D eigenvalue weighted by atomic mass is 9.94. The Morgan fingerprint density at radius 3 is 2.60 bits per heavy atom. The summed E-state index contributed by atoms with van der Waals surface area (Å²) in [5.74, 6) is -0.0832. The summed E-state index contributed by atoms with van der Waals surface area (Å²) in [5.41, 5.74) is -0.450. The summed E-state index contributed by atoms with van der Waals surface area (Å²) in [5, 5.41) is 11.0. The van der Waals surface area contributed by atoms with E-state index in [0.29, 0.717) is 31.6 Å². The number of amides is 1. The van der Waals surface area contributed by atoms with Crippen LogP contribution < -0.4 is 5.56 Å². The molecule has 2 fully saturated rings. The average molecular weight is 348 g/mol. The van der Waals surface area contributed by atoms with E-state index in [0.717, 1.165) is 39.0 Å². The van der Waals surface area contributed by atoms with Crippen LogP contribution in [0.1, 0.15) is 29.6 Å². The van der Waals surface area contributed by atoms with Gasteiger partial charge < -0.3 is 19.9 Å². The molecule has 7 heteroatoms. The van der Waals surface area contributed by atoms with E-state index in [9.17, 15) is 14.7 Å².